The maximum Gasteiger partial charge on any atom is 0.154 e. The average Bonchev–Trinajstić information content (AvgIpc) is 3.06. The van der Waals surface area contributed by atoms with Crippen molar-refractivity contribution in [2.45, 2.75) is 26.7 Å². The van der Waals surface area contributed by atoms with Gasteiger partial charge in [-0.1, -0.05) is 31.2 Å². The molecule has 26 heavy (non-hydrogen) atoms. The molecule has 3 rings (SSSR count). The molecule has 0 atom stereocenters. The van der Waals surface area contributed by atoms with E-state index >= 15 is 0 Å². The molecule has 0 aliphatic heterocycles. The Morgan fingerprint density at radius 1 is 1.27 bits per heavy atom. The summed E-state index contributed by atoms with van der Waals surface area (Å²) in [5.74, 6) is 0.689. The van der Waals surface area contributed by atoms with Crippen LogP contribution < -0.4 is 0 Å². The van der Waals surface area contributed by atoms with Gasteiger partial charge in [-0.25, -0.2) is 14.6 Å². The summed E-state index contributed by atoms with van der Waals surface area (Å²) in [5, 5.41) is 13.6. The predicted molar refractivity (Wildman–Crippen MR) is 105 cm³/mol. The summed E-state index contributed by atoms with van der Waals surface area (Å²) >= 11 is 6.05. The van der Waals surface area contributed by atoms with Gasteiger partial charge in [0.1, 0.15) is 5.15 Å². The lowest BCUT2D eigenvalue weighted by Crippen LogP contribution is -2.10. The number of pyridine rings is 2. The van der Waals surface area contributed by atoms with E-state index in [1.54, 1.807) is 16.9 Å². The summed E-state index contributed by atoms with van der Waals surface area (Å²) in [5.41, 5.74) is 4.50. The topological polar surface area (TPSA) is 67.5 Å². The monoisotopic (exact) mass is 365 g/mol. The lowest BCUT2D eigenvalue weighted by atomic mass is 10.0. The standard InChI is InChI=1S/C20H20ClN5/c1-4-15-12-18(26(25-15)20-7-5-6-8-23-20)16(22)11-14(3)17-9-13(2)10-19(21)24-17/h5-10,12,22H,3-4,11H2,1-2H3. The Morgan fingerprint density at radius 2 is 2.08 bits per heavy atom. The molecule has 0 spiro atoms. The number of nitrogens with one attached hydrogen (secondary N) is 1. The first kappa shape index (κ1) is 18.0. The number of aromatic nitrogens is 4. The molecule has 132 valence electrons. The smallest absolute Gasteiger partial charge is 0.154 e. The third-order valence-electron chi connectivity index (χ3n) is 3.99. The van der Waals surface area contributed by atoms with Crippen molar-refractivity contribution in [2.75, 3.05) is 0 Å². The molecule has 0 amide bonds. The molecule has 6 heteroatoms. The van der Waals surface area contributed by atoms with Gasteiger partial charge in [0.25, 0.3) is 0 Å². The molecule has 0 aliphatic carbocycles. The lowest BCUT2D eigenvalue weighted by Gasteiger charge is -2.10. The summed E-state index contributed by atoms with van der Waals surface area (Å²) in [6.45, 7) is 8.09. The van der Waals surface area contributed by atoms with Crippen LogP contribution in [0.2, 0.25) is 5.15 Å². The van der Waals surface area contributed by atoms with Crippen molar-refractivity contribution in [2.24, 2.45) is 0 Å². The third kappa shape index (κ3) is 3.89. The van der Waals surface area contributed by atoms with Crippen LogP contribution in [0.4, 0.5) is 0 Å². The van der Waals surface area contributed by atoms with Gasteiger partial charge < -0.3 is 5.41 Å². The molecule has 0 saturated carbocycles. The molecule has 3 heterocycles. The molecule has 0 aromatic carbocycles. The van der Waals surface area contributed by atoms with E-state index in [1.165, 1.54) is 0 Å². The van der Waals surface area contributed by atoms with Gasteiger partial charge in [0, 0.05) is 12.6 Å². The fourth-order valence-corrected chi connectivity index (χ4v) is 2.94. The predicted octanol–water partition coefficient (Wildman–Crippen LogP) is 4.66. The van der Waals surface area contributed by atoms with Crippen LogP contribution in [0.15, 0.2) is 49.2 Å². The molecule has 0 bridgehead atoms. The summed E-state index contributed by atoms with van der Waals surface area (Å²) in [4.78, 5) is 8.67. The number of aryl methyl sites for hydroxylation is 2. The molecule has 5 nitrogen and oxygen atoms in total. The minimum atomic E-state index is 0.356. The molecule has 1 N–H and O–H groups in total. The van der Waals surface area contributed by atoms with E-state index in [2.05, 4.69) is 21.6 Å². The van der Waals surface area contributed by atoms with Crippen LogP contribution in [0.1, 0.15) is 36.0 Å². The van der Waals surface area contributed by atoms with Crippen LogP contribution in [-0.4, -0.2) is 25.5 Å². The normalized spacial score (nSPS) is 10.7. The zero-order chi connectivity index (χ0) is 18.7. The largest absolute Gasteiger partial charge is 0.303 e. The molecule has 3 aromatic heterocycles. The third-order valence-corrected chi connectivity index (χ3v) is 4.18. The van der Waals surface area contributed by atoms with Crippen molar-refractivity contribution in [1.82, 2.24) is 19.7 Å². The fourth-order valence-electron chi connectivity index (χ4n) is 2.67. The highest BCUT2D eigenvalue weighted by molar-refractivity contribution is 6.29. The summed E-state index contributed by atoms with van der Waals surface area (Å²) in [6, 6.07) is 11.3. The molecule has 0 fully saturated rings. The first-order valence-electron chi connectivity index (χ1n) is 8.38. The van der Waals surface area contributed by atoms with Gasteiger partial charge in [-0.05, 0) is 54.8 Å². The van der Waals surface area contributed by atoms with Crippen molar-refractivity contribution >= 4 is 22.9 Å². The van der Waals surface area contributed by atoms with Gasteiger partial charge in [-0.15, -0.1) is 0 Å². The van der Waals surface area contributed by atoms with E-state index in [1.807, 2.05) is 44.2 Å². The van der Waals surface area contributed by atoms with Crippen LogP contribution in [0.5, 0.6) is 0 Å². The Labute approximate surface area is 157 Å². The second-order valence-electron chi connectivity index (χ2n) is 6.09. The minimum Gasteiger partial charge on any atom is -0.303 e. The number of rotatable bonds is 6. The highest BCUT2D eigenvalue weighted by Crippen LogP contribution is 2.22. The Bertz CT molecular complexity index is 939. The van der Waals surface area contributed by atoms with Crippen molar-refractivity contribution in [3.8, 4) is 5.82 Å². The maximum atomic E-state index is 8.59. The number of nitrogens with zero attached hydrogens (tertiary/aromatic N) is 4. The van der Waals surface area contributed by atoms with Crippen molar-refractivity contribution < 1.29 is 0 Å². The Kier molecular flexibility index (Phi) is 5.28. The van der Waals surface area contributed by atoms with Gasteiger partial charge in [0.2, 0.25) is 0 Å². The Morgan fingerprint density at radius 3 is 2.73 bits per heavy atom. The number of hydrogen-bond donors (Lipinski definition) is 1. The molecule has 0 saturated heterocycles. The molecular formula is C20H20ClN5. The quantitative estimate of drug-likeness (QED) is 0.510. The van der Waals surface area contributed by atoms with E-state index in [0.29, 0.717) is 34.5 Å². The molecular weight excluding hydrogens is 346 g/mol. The van der Waals surface area contributed by atoms with Crippen LogP contribution in [0.25, 0.3) is 11.4 Å². The number of allylic oxidation sites excluding steroid dienone is 1. The molecule has 0 radical (unpaired) electrons. The number of hydrogen-bond acceptors (Lipinski definition) is 4. The Hall–Kier alpha value is -2.79. The van der Waals surface area contributed by atoms with Crippen LogP contribution >= 0.6 is 11.6 Å². The summed E-state index contributed by atoms with van der Waals surface area (Å²) < 4.78 is 1.71. The van der Waals surface area contributed by atoms with Gasteiger partial charge >= 0.3 is 0 Å². The highest BCUT2D eigenvalue weighted by Gasteiger charge is 2.16. The Balaban J connectivity index is 1.90. The van der Waals surface area contributed by atoms with Crippen molar-refractivity contribution in [1.29, 1.82) is 5.41 Å². The summed E-state index contributed by atoms with van der Waals surface area (Å²) in [7, 11) is 0. The van der Waals surface area contributed by atoms with Gasteiger partial charge in [-0.3, -0.25) is 0 Å². The van der Waals surface area contributed by atoms with Crippen LogP contribution in [0.3, 0.4) is 0 Å². The minimum absolute atomic E-state index is 0.356. The first-order chi connectivity index (χ1) is 12.5. The average molecular weight is 366 g/mol. The number of halogens is 1. The molecule has 0 unspecified atom stereocenters. The zero-order valence-electron chi connectivity index (χ0n) is 14.8. The summed E-state index contributed by atoms with van der Waals surface area (Å²) in [6.07, 6.45) is 2.86. The van der Waals surface area contributed by atoms with E-state index in [9.17, 15) is 0 Å². The van der Waals surface area contributed by atoms with Crippen LogP contribution in [-0.2, 0) is 6.42 Å². The molecule has 0 aliphatic rings. The van der Waals surface area contributed by atoms with Crippen molar-refractivity contribution in [3.63, 3.8) is 0 Å². The van der Waals surface area contributed by atoms with E-state index < -0.39 is 0 Å². The van der Waals surface area contributed by atoms with E-state index in [0.717, 1.165) is 23.3 Å². The van der Waals surface area contributed by atoms with Gasteiger partial charge in [-0.2, -0.15) is 5.10 Å². The van der Waals surface area contributed by atoms with Gasteiger partial charge in [0.05, 0.1) is 22.8 Å². The zero-order valence-corrected chi connectivity index (χ0v) is 15.6. The van der Waals surface area contributed by atoms with Gasteiger partial charge in [0.15, 0.2) is 5.82 Å². The lowest BCUT2D eigenvalue weighted by molar-refractivity contribution is 0.808. The van der Waals surface area contributed by atoms with Crippen LogP contribution in [0, 0.1) is 12.3 Å². The SMILES string of the molecule is C=C(CC(=N)c1cc(CC)nn1-c1ccccn1)c1cc(C)cc(Cl)n1. The highest BCUT2D eigenvalue weighted by atomic mass is 35.5. The maximum absolute atomic E-state index is 8.59. The van der Waals surface area contributed by atoms with E-state index in [4.69, 9.17) is 17.0 Å². The fraction of sp³-hybridized carbons (Fsp3) is 0.200. The van der Waals surface area contributed by atoms with E-state index in [-0.39, 0.29) is 0 Å². The van der Waals surface area contributed by atoms with Crippen molar-refractivity contribution in [3.05, 3.63) is 77.0 Å². The second kappa shape index (κ2) is 7.62. The molecule has 3 aromatic rings. The second-order valence-corrected chi connectivity index (χ2v) is 6.47. The first-order valence-corrected chi connectivity index (χ1v) is 8.76.